The lowest BCUT2D eigenvalue weighted by molar-refractivity contribution is 1.04. The number of halogens is 2. The quantitative estimate of drug-likeness (QED) is 0.271. The van der Waals surface area contributed by atoms with E-state index in [1.807, 2.05) is 71.6 Å². The highest BCUT2D eigenvalue weighted by Gasteiger charge is 2.20. The molecule has 0 saturated heterocycles. The standard InChI is InChI=1S/C21H16Br2N4/c1-14(22)26(17-10-4-2-8-15(17)24)19-12-6-7-13-20(19)27-18-11-5-3-9-16(18)25-21(27)23/h2-13H,1,24H2. The highest BCUT2D eigenvalue weighted by molar-refractivity contribution is 9.11. The predicted molar refractivity (Wildman–Crippen MR) is 120 cm³/mol. The van der Waals surface area contributed by atoms with E-state index in [4.69, 9.17) is 5.73 Å². The second kappa shape index (κ2) is 7.21. The van der Waals surface area contributed by atoms with Crippen LogP contribution in [-0.4, -0.2) is 9.55 Å². The summed E-state index contributed by atoms with van der Waals surface area (Å²) in [6.07, 6.45) is 0. The molecule has 1 aromatic heterocycles. The van der Waals surface area contributed by atoms with Crippen LogP contribution in [0.25, 0.3) is 16.7 Å². The number of anilines is 3. The third-order valence-electron chi connectivity index (χ3n) is 4.30. The number of para-hydroxylation sites is 6. The molecule has 0 unspecified atom stereocenters. The topological polar surface area (TPSA) is 47.1 Å². The number of nitrogens with zero attached hydrogens (tertiary/aromatic N) is 3. The smallest absolute Gasteiger partial charge is 0.182 e. The lowest BCUT2D eigenvalue weighted by Gasteiger charge is -2.27. The monoisotopic (exact) mass is 482 g/mol. The number of hydrogen-bond acceptors (Lipinski definition) is 3. The fourth-order valence-corrected chi connectivity index (χ4v) is 4.11. The van der Waals surface area contributed by atoms with Crippen LogP contribution in [0.3, 0.4) is 0 Å². The average molecular weight is 484 g/mol. The zero-order valence-electron chi connectivity index (χ0n) is 14.3. The first-order chi connectivity index (χ1) is 13.1. The summed E-state index contributed by atoms with van der Waals surface area (Å²) in [5.74, 6) is 0. The molecule has 0 aliphatic carbocycles. The summed E-state index contributed by atoms with van der Waals surface area (Å²) in [6.45, 7) is 4.11. The Balaban J connectivity index is 1.99. The number of aromatic nitrogens is 2. The van der Waals surface area contributed by atoms with E-state index in [1.165, 1.54) is 0 Å². The van der Waals surface area contributed by atoms with Gasteiger partial charge in [0, 0.05) is 0 Å². The van der Waals surface area contributed by atoms with Gasteiger partial charge in [0.05, 0.1) is 38.4 Å². The molecule has 0 saturated carbocycles. The van der Waals surface area contributed by atoms with Crippen LogP contribution in [0.4, 0.5) is 17.1 Å². The maximum atomic E-state index is 6.25. The number of imidazole rings is 1. The van der Waals surface area contributed by atoms with Crippen molar-refractivity contribution in [3.8, 4) is 5.69 Å². The van der Waals surface area contributed by atoms with Crippen LogP contribution in [0.1, 0.15) is 0 Å². The summed E-state index contributed by atoms with van der Waals surface area (Å²) in [7, 11) is 0. The molecule has 1 heterocycles. The first-order valence-corrected chi connectivity index (χ1v) is 9.88. The first kappa shape index (κ1) is 17.8. The maximum absolute atomic E-state index is 6.25. The first-order valence-electron chi connectivity index (χ1n) is 8.29. The molecule has 0 amide bonds. The lowest BCUT2D eigenvalue weighted by atomic mass is 10.2. The average Bonchev–Trinajstić information content (AvgIpc) is 2.99. The van der Waals surface area contributed by atoms with Crippen molar-refractivity contribution in [2.24, 2.45) is 0 Å². The van der Waals surface area contributed by atoms with Crippen LogP contribution in [0.5, 0.6) is 0 Å². The molecule has 0 radical (unpaired) electrons. The van der Waals surface area contributed by atoms with Gasteiger partial charge in [0.1, 0.15) is 0 Å². The SMILES string of the molecule is C=C(Br)N(c1ccccc1N)c1ccccc1-n1c(Br)nc2ccccc21. The Bertz CT molecular complexity index is 1150. The van der Waals surface area contributed by atoms with Gasteiger partial charge in [-0.3, -0.25) is 4.57 Å². The van der Waals surface area contributed by atoms with Crippen molar-refractivity contribution in [2.75, 3.05) is 10.6 Å². The summed E-state index contributed by atoms with van der Waals surface area (Å²) in [6, 6.07) is 23.8. The molecule has 4 rings (SSSR count). The van der Waals surface area contributed by atoms with Gasteiger partial charge in [0.15, 0.2) is 4.73 Å². The van der Waals surface area contributed by atoms with Crippen LogP contribution in [-0.2, 0) is 0 Å². The van der Waals surface area contributed by atoms with E-state index in [0.717, 1.165) is 32.8 Å². The number of fused-ring (bicyclic) bond motifs is 1. The normalized spacial score (nSPS) is 10.9. The van der Waals surface area contributed by atoms with Crippen LogP contribution >= 0.6 is 31.9 Å². The Labute approximate surface area is 174 Å². The second-order valence-corrected chi connectivity index (χ2v) is 7.59. The highest BCUT2D eigenvalue weighted by atomic mass is 79.9. The van der Waals surface area contributed by atoms with Gasteiger partial charge in [-0.2, -0.15) is 0 Å². The van der Waals surface area contributed by atoms with Crippen LogP contribution in [0.2, 0.25) is 0 Å². The van der Waals surface area contributed by atoms with E-state index in [-0.39, 0.29) is 0 Å². The van der Waals surface area contributed by atoms with Gasteiger partial charge in [-0.15, -0.1) is 0 Å². The number of rotatable bonds is 4. The van der Waals surface area contributed by atoms with Gasteiger partial charge in [0.25, 0.3) is 0 Å². The third kappa shape index (κ3) is 3.15. The molecule has 6 heteroatoms. The minimum absolute atomic E-state index is 0.669. The second-order valence-electron chi connectivity index (χ2n) is 5.96. The van der Waals surface area contributed by atoms with Gasteiger partial charge in [-0.05, 0) is 68.3 Å². The largest absolute Gasteiger partial charge is 0.397 e. The maximum Gasteiger partial charge on any atom is 0.182 e. The summed E-state index contributed by atoms with van der Waals surface area (Å²) < 4.78 is 3.50. The molecule has 0 aliphatic rings. The Morgan fingerprint density at radius 2 is 1.56 bits per heavy atom. The molecule has 2 N–H and O–H groups in total. The minimum Gasteiger partial charge on any atom is -0.397 e. The van der Waals surface area contributed by atoms with Gasteiger partial charge in [0.2, 0.25) is 0 Å². The fraction of sp³-hybridized carbons (Fsp3) is 0. The molecule has 134 valence electrons. The van der Waals surface area contributed by atoms with Crippen LogP contribution in [0.15, 0.2) is 88.7 Å². The van der Waals surface area contributed by atoms with Gasteiger partial charge < -0.3 is 10.6 Å². The molecular formula is C21H16Br2N4. The molecular weight excluding hydrogens is 468 g/mol. The molecule has 27 heavy (non-hydrogen) atoms. The predicted octanol–water partition coefficient (Wildman–Crippen LogP) is 6.37. The molecule has 0 bridgehead atoms. The van der Waals surface area contributed by atoms with Crippen molar-refractivity contribution in [1.82, 2.24) is 9.55 Å². The van der Waals surface area contributed by atoms with E-state index in [9.17, 15) is 0 Å². The number of hydrogen-bond donors (Lipinski definition) is 1. The van der Waals surface area contributed by atoms with Crippen LogP contribution < -0.4 is 10.6 Å². The third-order valence-corrected chi connectivity index (χ3v) is 5.19. The lowest BCUT2D eigenvalue weighted by Crippen LogP contribution is -2.16. The highest BCUT2D eigenvalue weighted by Crippen LogP contribution is 2.40. The van der Waals surface area contributed by atoms with E-state index < -0.39 is 0 Å². The Morgan fingerprint density at radius 3 is 2.30 bits per heavy atom. The molecule has 3 aromatic carbocycles. The molecule has 4 nitrogen and oxygen atoms in total. The molecule has 0 atom stereocenters. The summed E-state index contributed by atoms with van der Waals surface area (Å²) in [5, 5.41) is 0. The van der Waals surface area contributed by atoms with E-state index in [0.29, 0.717) is 10.3 Å². The zero-order chi connectivity index (χ0) is 19.0. The van der Waals surface area contributed by atoms with Gasteiger partial charge >= 0.3 is 0 Å². The Kier molecular flexibility index (Phi) is 4.76. The Hall–Kier alpha value is -2.57. The van der Waals surface area contributed by atoms with Crippen molar-refractivity contribution >= 4 is 60.0 Å². The zero-order valence-corrected chi connectivity index (χ0v) is 17.5. The van der Waals surface area contributed by atoms with E-state index >= 15 is 0 Å². The molecule has 0 spiro atoms. The van der Waals surface area contributed by atoms with Crippen molar-refractivity contribution in [2.45, 2.75) is 0 Å². The Morgan fingerprint density at radius 1 is 0.926 bits per heavy atom. The number of nitrogens with two attached hydrogens (primary N) is 1. The fourth-order valence-electron chi connectivity index (χ4n) is 3.15. The number of benzene rings is 3. The van der Waals surface area contributed by atoms with Crippen molar-refractivity contribution in [3.05, 3.63) is 88.7 Å². The molecule has 0 aliphatic heterocycles. The van der Waals surface area contributed by atoms with E-state index in [2.05, 4.69) is 54.1 Å². The molecule has 4 aromatic rings. The van der Waals surface area contributed by atoms with Gasteiger partial charge in [-0.25, -0.2) is 4.98 Å². The summed E-state index contributed by atoms with van der Waals surface area (Å²) in [5.41, 5.74) is 11.6. The van der Waals surface area contributed by atoms with E-state index in [1.54, 1.807) is 0 Å². The van der Waals surface area contributed by atoms with Crippen molar-refractivity contribution < 1.29 is 0 Å². The van der Waals surface area contributed by atoms with Crippen molar-refractivity contribution in [3.63, 3.8) is 0 Å². The molecule has 0 fully saturated rings. The van der Waals surface area contributed by atoms with Crippen LogP contribution in [0, 0.1) is 0 Å². The minimum atomic E-state index is 0.669. The summed E-state index contributed by atoms with van der Waals surface area (Å²) >= 11 is 7.17. The van der Waals surface area contributed by atoms with Gasteiger partial charge in [-0.1, -0.05) is 43.0 Å². The van der Waals surface area contributed by atoms with Crippen molar-refractivity contribution in [1.29, 1.82) is 0 Å². The summed E-state index contributed by atoms with van der Waals surface area (Å²) in [4.78, 5) is 6.62. The number of nitrogen functional groups attached to an aromatic ring is 1.